The lowest BCUT2D eigenvalue weighted by molar-refractivity contribution is 1.23. The molecular formula is C12H8ClIN2. The minimum atomic E-state index is 0.756. The third-order valence-corrected chi connectivity index (χ3v) is 3.93. The van der Waals surface area contributed by atoms with Crippen molar-refractivity contribution in [2.45, 2.75) is 0 Å². The summed E-state index contributed by atoms with van der Waals surface area (Å²) in [7, 11) is 0. The molecule has 0 bridgehead atoms. The van der Waals surface area contributed by atoms with Crippen molar-refractivity contribution in [3.63, 3.8) is 0 Å². The fraction of sp³-hybridized carbons (Fsp3) is 0.0833. The third-order valence-electron chi connectivity index (χ3n) is 2.69. The Hall–Kier alpha value is -0.810. The molecule has 0 spiro atoms. The van der Waals surface area contributed by atoms with Crippen molar-refractivity contribution in [1.29, 1.82) is 0 Å². The van der Waals surface area contributed by atoms with Crippen LogP contribution in [0.5, 0.6) is 0 Å². The summed E-state index contributed by atoms with van der Waals surface area (Å²) in [6, 6.07) is 5.96. The highest BCUT2D eigenvalue weighted by atomic mass is 127. The van der Waals surface area contributed by atoms with Gasteiger partial charge in [0.05, 0.1) is 39.1 Å². The fourth-order valence-electron chi connectivity index (χ4n) is 1.93. The van der Waals surface area contributed by atoms with Gasteiger partial charge in [-0.05, 0) is 18.2 Å². The molecule has 0 unspecified atom stereocenters. The molecule has 16 heavy (non-hydrogen) atoms. The fourth-order valence-corrected chi connectivity index (χ4v) is 2.79. The van der Waals surface area contributed by atoms with Crippen molar-refractivity contribution in [2.24, 2.45) is 0 Å². The number of hydrogen-bond donors (Lipinski definition) is 0. The van der Waals surface area contributed by atoms with E-state index in [0.29, 0.717) is 0 Å². The number of benzene rings is 1. The molecule has 0 saturated carbocycles. The summed E-state index contributed by atoms with van der Waals surface area (Å²) in [6.45, 7) is 0.930. The summed E-state index contributed by atoms with van der Waals surface area (Å²) < 4.78 is 2.18. The molecule has 2 aromatic rings. The summed E-state index contributed by atoms with van der Waals surface area (Å²) in [5.41, 5.74) is 3.33. The second-order valence-electron chi connectivity index (χ2n) is 3.63. The van der Waals surface area contributed by atoms with Crippen molar-refractivity contribution in [3.05, 3.63) is 41.1 Å². The summed E-state index contributed by atoms with van der Waals surface area (Å²) in [4.78, 5) is 4.42. The Bertz CT molecular complexity index is 595. The van der Waals surface area contributed by atoms with Crippen LogP contribution in [0.25, 0.3) is 17.0 Å². The van der Waals surface area contributed by atoms with Gasteiger partial charge in [-0.2, -0.15) is 0 Å². The molecule has 2 heterocycles. The van der Waals surface area contributed by atoms with Gasteiger partial charge < -0.3 is 3.11 Å². The molecule has 0 saturated heterocycles. The first kappa shape index (κ1) is 10.4. The summed E-state index contributed by atoms with van der Waals surface area (Å²) in [6.07, 6.45) is 6.01. The van der Waals surface area contributed by atoms with Crippen molar-refractivity contribution in [2.75, 3.05) is 9.66 Å². The van der Waals surface area contributed by atoms with E-state index in [0.717, 1.165) is 28.0 Å². The summed E-state index contributed by atoms with van der Waals surface area (Å²) >= 11 is 8.47. The van der Waals surface area contributed by atoms with E-state index >= 15 is 0 Å². The maximum absolute atomic E-state index is 6.16. The number of hydrogen-bond acceptors (Lipinski definition) is 2. The van der Waals surface area contributed by atoms with Gasteiger partial charge in [0.25, 0.3) is 0 Å². The highest BCUT2D eigenvalue weighted by Crippen LogP contribution is 2.35. The zero-order valence-electron chi connectivity index (χ0n) is 8.32. The number of fused-ring (bicyclic) bond motifs is 3. The molecule has 0 fully saturated rings. The number of pyridine rings is 1. The molecule has 0 amide bonds. The van der Waals surface area contributed by atoms with E-state index in [-0.39, 0.29) is 0 Å². The molecule has 1 aromatic carbocycles. The van der Waals surface area contributed by atoms with Crippen LogP contribution in [0, 0.1) is 0 Å². The molecule has 1 aliphatic rings. The van der Waals surface area contributed by atoms with E-state index in [1.54, 1.807) is 6.20 Å². The quantitative estimate of drug-likeness (QED) is 0.530. The van der Waals surface area contributed by atoms with Crippen LogP contribution in [-0.4, -0.2) is 11.5 Å². The molecule has 1 aromatic heterocycles. The second kappa shape index (κ2) is 3.89. The lowest BCUT2D eigenvalue weighted by Gasteiger charge is -2.22. The number of rotatable bonds is 0. The van der Waals surface area contributed by atoms with Crippen LogP contribution in [0.1, 0.15) is 5.56 Å². The van der Waals surface area contributed by atoms with Gasteiger partial charge in [-0.1, -0.05) is 23.8 Å². The van der Waals surface area contributed by atoms with E-state index in [9.17, 15) is 0 Å². The number of aromatic nitrogens is 1. The monoisotopic (exact) mass is 342 g/mol. The van der Waals surface area contributed by atoms with Crippen molar-refractivity contribution in [3.8, 4) is 0 Å². The van der Waals surface area contributed by atoms with Crippen LogP contribution in [-0.2, 0) is 0 Å². The van der Waals surface area contributed by atoms with Crippen LogP contribution in [0.4, 0.5) is 5.69 Å². The Kier molecular flexibility index (Phi) is 2.52. The molecule has 4 heteroatoms. The molecule has 0 N–H and O–H groups in total. The predicted octanol–water partition coefficient (Wildman–Crippen LogP) is 4.07. The van der Waals surface area contributed by atoms with Crippen LogP contribution >= 0.6 is 34.5 Å². The maximum atomic E-state index is 6.16. The molecule has 0 aliphatic carbocycles. The van der Waals surface area contributed by atoms with Gasteiger partial charge in [0.1, 0.15) is 0 Å². The number of anilines is 1. The van der Waals surface area contributed by atoms with Crippen LogP contribution < -0.4 is 3.11 Å². The zero-order valence-corrected chi connectivity index (χ0v) is 11.2. The standard InChI is InChI=1S/C12H8ClIN2/c13-10-5-6-15-12-8(10)3-4-11-9(12)2-1-7-16(11)14/h1-6H,7H2. The first-order chi connectivity index (χ1) is 7.77. The van der Waals surface area contributed by atoms with Gasteiger partial charge in [-0.25, -0.2) is 0 Å². The van der Waals surface area contributed by atoms with Crippen molar-refractivity contribution < 1.29 is 0 Å². The summed E-state index contributed by atoms with van der Waals surface area (Å²) in [5, 5.41) is 1.77. The molecule has 3 rings (SSSR count). The minimum absolute atomic E-state index is 0.756. The zero-order chi connectivity index (χ0) is 11.1. The molecule has 1 aliphatic heterocycles. The van der Waals surface area contributed by atoms with Crippen molar-refractivity contribution in [1.82, 2.24) is 4.98 Å². The molecule has 80 valence electrons. The molecule has 0 radical (unpaired) electrons. The van der Waals surface area contributed by atoms with E-state index in [2.05, 4.69) is 49.2 Å². The van der Waals surface area contributed by atoms with Gasteiger partial charge in [-0.3, -0.25) is 4.98 Å². The Morgan fingerprint density at radius 1 is 1.31 bits per heavy atom. The second-order valence-corrected chi connectivity index (χ2v) is 5.21. The Balaban J connectivity index is 2.41. The normalized spacial score (nSPS) is 14.2. The maximum Gasteiger partial charge on any atom is 0.0810 e. The van der Waals surface area contributed by atoms with Crippen LogP contribution in [0.15, 0.2) is 30.5 Å². The average Bonchev–Trinajstić information content (AvgIpc) is 2.30. The van der Waals surface area contributed by atoms with Crippen LogP contribution in [0.3, 0.4) is 0 Å². The van der Waals surface area contributed by atoms with Crippen molar-refractivity contribution >= 4 is 57.1 Å². The Labute approximate surface area is 112 Å². The lowest BCUT2D eigenvalue weighted by atomic mass is 10.0. The smallest absolute Gasteiger partial charge is 0.0810 e. The predicted molar refractivity (Wildman–Crippen MR) is 77.2 cm³/mol. The van der Waals surface area contributed by atoms with Gasteiger partial charge in [-0.15, -0.1) is 0 Å². The topological polar surface area (TPSA) is 16.1 Å². The number of nitrogens with zero attached hydrogens (tertiary/aromatic N) is 2. The van der Waals surface area contributed by atoms with Gasteiger partial charge in [0, 0.05) is 23.7 Å². The molecule has 2 nitrogen and oxygen atoms in total. The average molecular weight is 343 g/mol. The van der Waals surface area contributed by atoms with Gasteiger partial charge >= 0.3 is 0 Å². The SMILES string of the molecule is Clc1ccnc2c3c(ccc12)N(I)CC=C3. The highest BCUT2D eigenvalue weighted by molar-refractivity contribution is 14.1. The Morgan fingerprint density at radius 3 is 3.06 bits per heavy atom. The minimum Gasteiger partial charge on any atom is -0.310 e. The first-order valence-corrected chi connectivity index (χ1v) is 6.29. The summed E-state index contributed by atoms with van der Waals surface area (Å²) in [5.74, 6) is 0. The van der Waals surface area contributed by atoms with Crippen LogP contribution in [0.2, 0.25) is 5.02 Å². The highest BCUT2D eigenvalue weighted by Gasteiger charge is 2.14. The van der Waals surface area contributed by atoms with E-state index in [1.165, 1.54) is 5.69 Å². The van der Waals surface area contributed by atoms with Gasteiger partial charge in [0.2, 0.25) is 0 Å². The van der Waals surface area contributed by atoms with E-state index in [4.69, 9.17) is 11.6 Å². The largest absolute Gasteiger partial charge is 0.310 e. The molecular weight excluding hydrogens is 335 g/mol. The lowest BCUT2D eigenvalue weighted by Crippen LogP contribution is -2.13. The molecule has 0 atom stereocenters. The Morgan fingerprint density at radius 2 is 2.19 bits per heavy atom. The van der Waals surface area contributed by atoms with Gasteiger partial charge in [0.15, 0.2) is 0 Å². The van der Waals surface area contributed by atoms with E-state index < -0.39 is 0 Å². The first-order valence-electron chi connectivity index (χ1n) is 4.94. The van der Waals surface area contributed by atoms with E-state index in [1.807, 2.05) is 12.1 Å². The third kappa shape index (κ3) is 1.50. The number of halogens is 2.